The number of nitrogens with two attached hydrogens (primary N) is 1. The van der Waals surface area contributed by atoms with E-state index in [2.05, 4.69) is 4.90 Å². The Morgan fingerprint density at radius 2 is 1.88 bits per heavy atom. The number of hydrogen-bond acceptors (Lipinski definition) is 4. The third-order valence-electron chi connectivity index (χ3n) is 5.31. The van der Waals surface area contributed by atoms with E-state index in [0.717, 1.165) is 42.8 Å². The molecule has 0 unspecified atom stereocenters. The molecule has 1 aliphatic rings. The Hall–Kier alpha value is -2.37. The SMILES string of the molecule is COc1ccc([C@@](C)(O)[C@@H]2CCCN2Cc2ccc(C(N)=O)cc2)cc1. The van der Waals surface area contributed by atoms with Crippen LogP contribution in [0.25, 0.3) is 0 Å². The lowest BCUT2D eigenvalue weighted by Crippen LogP contribution is -2.45. The average molecular weight is 354 g/mol. The van der Waals surface area contributed by atoms with E-state index >= 15 is 0 Å². The van der Waals surface area contributed by atoms with Gasteiger partial charge in [0.25, 0.3) is 0 Å². The Kier molecular flexibility index (Phi) is 5.30. The van der Waals surface area contributed by atoms with Gasteiger partial charge in [0.15, 0.2) is 0 Å². The molecule has 2 aromatic rings. The number of carbonyl (C=O) groups excluding carboxylic acids is 1. The molecule has 1 amide bonds. The Labute approximate surface area is 154 Å². The summed E-state index contributed by atoms with van der Waals surface area (Å²) in [7, 11) is 1.63. The molecule has 0 bridgehead atoms. The third kappa shape index (κ3) is 3.74. The largest absolute Gasteiger partial charge is 0.497 e. The molecule has 2 atom stereocenters. The van der Waals surface area contributed by atoms with Crippen molar-refractivity contribution in [3.05, 3.63) is 65.2 Å². The molecular weight excluding hydrogens is 328 g/mol. The molecule has 5 heteroatoms. The molecule has 1 saturated heterocycles. The average Bonchev–Trinajstić information content (AvgIpc) is 3.11. The zero-order valence-electron chi connectivity index (χ0n) is 15.3. The summed E-state index contributed by atoms with van der Waals surface area (Å²) in [5.41, 5.74) is 6.86. The number of primary amides is 1. The Balaban J connectivity index is 1.76. The summed E-state index contributed by atoms with van der Waals surface area (Å²) in [5, 5.41) is 11.3. The summed E-state index contributed by atoms with van der Waals surface area (Å²) < 4.78 is 5.21. The number of hydrogen-bond donors (Lipinski definition) is 2. The predicted molar refractivity (Wildman–Crippen MR) is 101 cm³/mol. The van der Waals surface area contributed by atoms with E-state index in [9.17, 15) is 9.90 Å². The summed E-state index contributed by atoms with van der Waals surface area (Å²) in [6, 6.07) is 15.0. The molecule has 0 saturated carbocycles. The maximum atomic E-state index is 11.3. The second-order valence-electron chi connectivity index (χ2n) is 7.07. The van der Waals surface area contributed by atoms with E-state index in [-0.39, 0.29) is 6.04 Å². The highest BCUT2D eigenvalue weighted by atomic mass is 16.5. The van der Waals surface area contributed by atoms with Crippen LogP contribution in [-0.2, 0) is 12.1 Å². The zero-order chi connectivity index (χ0) is 18.7. The van der Waals surface area contributed by atoms with Crippen LogP contribution in [0.1, 0.15) is 41.3 Å². The maximum absolute atomic E-state index is 11.3. The van der Waals surface area contributed by atoms with Crippen molar-refractivity contribution in [3.63, 3.8) is 0 Å². The van der Waals surface area contributed by atoms with Gasteiger partial charge in [0.1, 0.15) is 11.4 Å². The van der Waals surface area contributed by atoms with E-state index in [4.69, 9.17) is 10.5 Å². The zero-order valence-corrected chi connectivity index (χ0v) is 15.3. The normalized spacial score (nSPS) is 19.9. The van der Waals surface area contributed by atoms with Gasteiger partial charge in [-0.15, -0.1) is 0 Å². The van der Waals surface area contributed by atoms with Crippen LogP contribution >= 0.6 is 0 Å². The molecule has 5 nitrogen and oxygen atoms in total. The van der Waals surface area contributed by atoms with Crippen LogP contribution in [0.3, 0.4) is 0 Å². The second kappa shape index (κ2) is 7.48. The molecule has 26 heavy (non-hydrogen) atoms. The molecule has 0 spiro atoms. The lowest BCUT2D eigenvalue weighted by Gasteiger charge is -2.37. The molecule has 1 aliphatic heterocycles. The molecular formula is C21H26N2O3. The smallest absolute Gasteiger partial charge is 0.248 e. The fourth-order valence-electron chi connectivity index (χ4n) is 3.78. The molecule has 1 fully saturated rings. The molecule has 3 rings (SSSR count). The fraction of sp³-hybridized carbons (Fsp3) is 0.381. The minimum absolute atomic E-state index is 0.0340. The first-order valence-electron chi connectivity index (χ1n) is 8.91. The number of methoxy groups -OCH3 is 1. The van der Waals surface area contributed by atoms with Crippen molar-refractivity contribution in [3.8, 4) is 5.75 Å². The molecule has 1 heterocycles. The van der Waals surface area contributed by atoms with Crippen molar-refractivity contribution < 1.29 is 14.6 Å². The number of carbonyl (C=O) groups is 1. The van der Waals surface area contributed by atoms with E-state index in [1.54, 1.807) is 19.2 Å². The Morgan fingerprint density at radius 1 is 1.23 bits per heavy atom. The lowest BCUT2D eigenvalue weighted by atomic mass is 9.86. The van der Waals surface area contributed by atoms with Crippen LogP contribution < -0.4 is 10.5 Å². The van der Waals surface area contributed by atoms with Gasteiger partial charge in [-0.05, 0) is 61.7 Å². The minimum Gasteiger partial charge on any atom is -0.497 e. The number of aliphatic hydroxyl groups is 1. The van der Waals surface area contributed by atoms with E-state index in [1.807, 2.05) is 43.3 Å². The van der Waals surface area contributed by atoms with E-state index in [1.165, 1.54) is 0 Å². The molecule has 3 N–H and O–H groups in total. The molecule has 0 radical (unpaired) electrons. The number of benzene rings is 2. The molecule has 2 aromatic carbocycles. The molecule has 0 aromatic heterocycles. The maximum Gasteiger partial charge on any atom is 0.248 e. The van der Waals surface area contributed by atoms with Crippen LogP contribution in [0.5, 0.6) is 5.75 Å². The van der Waals surface area contributed by atoms with Crippen molar-refractivity contribution in [2.75, 3.05) is 13.7 Å². The second-order valence-corrected chi connectivity index (χ2v) is 7.07. The molecule has 0 aliphatic carbocycles. The van der Waals surface area contributed by atoms with Gasteiger partial charge < -0.3 is 15.6 Å². The first-order valence-corrected chi connectivity index (χ1v) is 8.91. The highest BCUT2D eigenvalue weighted by molar-refractivity contribution is 5.92. The van der Waals surface area contributed by atoms with Crippen LogP contribution in [0, 0.1) is 0 Å². The number of likely N-dealkylation sites (tertiary alicyclic amines) is 1. The number of nitrogens with zero attached hydrogens (tertiary/aromatic N) is 1. The van der Waals surface area contributed by atoms with Gasteiger partial charge in [-0.3, -0.25) is 9.69 Å². The van der Waals surface area contributed by atoms with Crippen LogP contribution in [0.15, 0.2) is 48.5 Å². The van der Waals surface area contributed by atoms with Gasteiger partial charge >= 0.3 is 0 Å². The Bertz CT molecular complexity index is 754. The van der Waals surface area contributed by atoms with Crippen molar-refractivity contribution >= 4 is 5.91 Å². The van der Waals surface area contributed by atoms with Crippen molar-refractivity contribution in [2.24, 2.45) is 5.73 Å². The van der Waals surface area contributed by atoms with Gasteiger partial charge in [0.2, 0.25) is 5.91 Å². The van der Waals surface area contributed by atoms with E-state index < -0.39 is 11.5 Å². The van der Waals surface area contributed by atoms with Crippen molar-refractivity contribution in [1.82, 2.24) is 4.90 Å². The standard InChI is InChI=1S/C21H26N2O3/c1-21(25,17-9-11-18(26-2)12-10-17)19-4-3-13-23(19)14-15-5-7-16(8-6-15)20(22)24/h5-12,19,25H,3-4,13-14H2,1-2H3,(H2,22,24)/t19-,21+/m0/s1. The summed E-state index contributed by atoms with van der Waals surface area (Å²) >= 11 is 0. The van der Waals surface area contributed by atoms with Gasteiger partial charge in [0.05, 0.1) is 7.11 Å². The van der Waals surface area contributed by atoms with Crippen LogP contribution in [0.4, 0.5) is 0 Å². The lowest BCUT2D eigenvalue weighted by molar-refractivity contribution is -0.0254. The van der Waals surface area contributed by atoms with Crippen LogP contribution in [-0.4, -0.2) is 35.6 Å². The van der Waals surface area contributed by atoms with Crippen molar-refractivity contribution in [2.45, 2.75) is 38.0 Å². The van der Waals surface area contributed by atoms with Gasteiger partial charge in [-0.2, -0.15) is 0 Å². The topological polar surface area (TPSA) is 75.8 Å². The number of rotatable bonds is 6. The Morgan fingerprint density at radius 3 is 2.46 bits per heavy atom. The summed E-state index contributed by atoms with van der Waals surface area (Å²) in [6.07, 6.45) is 1.99. The summed E-state index contributed by atoms with van der Waals surface area (Å²) in [5.74, 6) is 0.361. The van der Waals surface area contributed by atoms with Gasteiger partial charge in [0, 0.05) is 18.2 Å². The quantitative estimate of drug-likeness (QED) is 0.836. The fourth-order valence-corrected chi connectivity index (χ4v) is 3.78. The monoisotopic (exact) mass is 354 g/mol. The third-order valence-corrected chi connectivity index (χ3v) is 5.31. The molecule has 138 valence electrons. The van der Waals surface area contributed by atoms with E-state index in [0.29, 0.717) is 5.56 Å². The predicted octanol–water partition coefficient (Wildman–Crippen LogP) is 2.67. The minimum atomic E-state index is -0.948. The summed E-state index contributed by atoms with van der Waals surface area (Å²) in [6.45, 7) is 3.55. The van der Waals surface area contributed by atoms with Crippen molar-refractivity contribution in [1.29, 1.82) is 0 Å². The van der Waals surface area contributed by atoms with Crippen LogP contribution in [0.2, 0.25) is 0 Å². The highest BCUT2D eigenvalue weighted by Crippen LogP contribution is 2.36. The highest BCUT2D eigenvalue weighted by Gasteiger charge is 2.40. The van der Waals surface area contributed by atoms with Gasteiger partial charge in [-0.1, -0.05) is 24.3 Å². The number of amides is 1. The van der Waals surface area contributed by atoms with Gasteiger partial charge in [-0.25, -0.2) is 0 Å². The number of ether oxygens (including phenoxy) is 1. The first-order chi connectivity index (χ1) is 12.4. The summed E-state index contributed by atoms with van der Waals surface area (Å²) in [4.78, 5) is 13.5. The first kappa shape index (κ1) is 18.4.